The van der Waals surface area contributed by atoms with E-state index in [9.17, 15) is 9.59 Å². The Bertz CT molecular complexity index is 1250. The Morgan fingerprint density at radius 1 is 1.19 bits per heavy atom. The number of hydrogen-bond acceptors (Lipinski definition) is 6. The molecule has 0 spiro atoms. The molecule has 1 aromatic heterocycles. The second kappa shape index (κ2) is 12.8. The van der Waals surface area contributed by atoms with Gasteiger partial charge in [-0.3, -0.25) is 9.59 Å². The highest BCUT2D eigenvalue weighted by atomic mass is 35.5. The quantitative estimate of drug-likeness (QED) is 0.238. The minimum Gasteiger partial charge on any atom is -0.497 e. The van der Waals surface area contributed by atoms with E-state index in [1.165, 1.54) is 17.8 Å². The molecule has 0 aliphatic rings. The fourth-order valence-electron chi connectivity index (χ4n) is 3.39. The number of anilines is 1. The number of amides is 2. The third-order valence-corrected chi connectivity index (χ3v) is 6.66. The van der Waals surface area contributed by atoms with Gasteiger partial charge < -0.3 is 19.9 Å². The summed E-state index contributed by atoms with van der Waals surface area (Å²) in [4.78, 5) is 25.5. The van der Waals surface area contributed by atoms with Crippen molar-refractivity contribution in [3.63, 3.8) is 0 Å². The van der Waals surface area contributed by atoms with Crippen molar-refractivity contribution < 1.29 is 14.3 Å². The minimum atomic E-state index is -0.461. The Hall–Kier alpha value is -3.01. The number of hydrogen-bond donors (Lipinski definition) is 2. The second-order valence-electron chi connectivity index (χ2n) is 8.13. The summed E-state index contributed by atoms with van der Waals surface area (Å²) in [5.41, 5.74) is 0.946. The van der Waals surface area contributed by atoms with E-state index in [0.717, 1.165) is 0 Å². The van der Waals surface area contributed by atoms with Gasteiger partial charge in [-0.05, 0) is 36.2 Å². The van der Waals surface area contributed by atoms with Crippen LogP contribution in [0.25, 0.3) is 0 Å². The molecule has 0 aliphatic carbocycles. The zero-order valence-corrected chi connectivity index (χ0v) is 22.5. The number of carbonyl (C=O) groups excluding carboxylic acids is 2. The van der Waals surface area contributed by atoms with Crippen LogP contribution in [0.4, 0.5) is 5.69 Å². The number of nitrogens with one attached hydrogen (secondary N) is 2. The van der Waals surface area contributed by atoms with Crippen molar-refractivity contribution in [3.05, 3.63) is 76.6 Å². The number of aromatic nitrogens is 3. The smallest absolute Gasteiger partial charge is 0.253 e. The van der Waals surface area contributed by atoms with E-state index in [1.807, 2.05) is 18.4 Å². The number of halogens is 2. The molecular weight excluding hydrogens is 521 g/mol. The van der Waals surface area contributed by atoms with Crippen LogP contribution < -0.4 is 15.4 Å². The van der Waals surface area contributed by atoms with Gasteiger partial charge in [0.25, 0.3) is 5.91 Å². The number of rotatable bonds is 11. The van der Waals surface area contributed by atoms with Crippen LogP contribution >= 0.6 is 35.0 Å². The molecule has 2 amide bonds. The lowest BCUT2D eigenvalue weighted by molar-refractivity contribution is -0.113. The van der Waals surface area contributed by atoms with Crippen molar-refractivity contribution in [2.75, 3.05) is 18.2 Å². The van der Waals surface area contributed by atoms with Gasteiger partial charge in [0, 0.05) is 23.3 Å². The first-order valence-electron chi connectivity index (χ1n) is 11.1. The van der Waals surface area contributed by atoms with E-state index in [1.54, 1.807) is 49.6 Å². The average molecular weight is 548 g/mol. The molecule has 1 atom stereocenters. The minimum absolute atomic E-state index is 0.0120. The summed E-state index contributed by atoms with van der Waals surface area (Å²) >= 11 is 13.4. The molecule has 0 radical (unpaired) electrons. The van der Waals surface area contributed by atoms with Crippen LogP contribution in [0.5, 0.6) is 5.75 Å². The topological polar surface area (TPSA) is 98.1 Å². The van der Waals surface area contributed by atoms with Crippen LogP contribution in [0.15, 0.2) is 60.3 Å². The van der Waals surface area contributed by atoms with Gasteiger partial charge >= 0.3 is 0 Å². The van der Waals surface area contributed by atoms with Gasteiger partial charge in [-0.25, -0.2) is 0 Å². The number of allylic oxidation sites excluding steroid dienone is 1. The Kier molecular flexibility index (Phi) is 9.81. The number of carbonyl (C=O) groups is 2. The lowest BCUT2D eigenvalue weighted by atomic mass is 10.0. The Morgan fingerprint density at radius 2 is 1.97 bits per heavy atom. The number of ether oxygens (including phenoxy) is 1. The van der Waals surface area contributed by atoms with Crippen molar-refractivity contribution in [2.45, 2.75) is 31.6 Å². The molecule has 0 fully saturated rings. The summed E-state index contributed by atoms with van der Waals surface area (Å²) in [6.45, 7) is 8.17. The molecule has 11 heteroatoms. The lowest BCUT2D eigenvalue weighted by Gasteiger charge is -2.23. The Labute approximate surface area is 224 Å². The molecule has 1 heterocycles. The molecule has 0 unspecified atom stereocenters. The normalized spacial score (nSPS) is 11.7. The SMILES string of the molecule is C=CCn1c(SCC(=O)Nc2cccc(OC)c2)nnc1[C@H](NC(=O)c1ccc(Cl)cc1Cl)C(C)C. The number of benzene rings is 2. The molecule has 36 heavy (non-hydrogen) atoms. The van der Waals surface area contributed by atoms with Crippen LogP contribution in [-0.2, 0) is 11.3 Å². The zero-order valence-electron chi connectivity index (χ0n) is 20.1. The van der Waals surface area contributed by atoms with Crippen molar-refractivity contribution in [3.8, 4) is 5.75 Å². The number of nitrogens with zero attached hydrogens (tertiary/aromatic N) is 3. The summed E-state index contributed by atoms with van der Waals surface area (Å²) in [6.07, 6.45) is 1.71. The van der Waals surface area contributed by atoms with E-state index >= 15 is 0 Å². The van der Waals surface area contributed by atoms with Gasteiger partial charge in [-0.1, -0.05) is 61.0 Å². The van der Waals surface area contributed by atoms with Gasteiger partial charge in [0.1, 0.15) is 5.75 Å². The summed E-state index contributed by atoms with van der Waals surface area (Å²) in [5.74, 6) is 0.758. The predicted octanol–water partition coefficient (Wildman–Crippen LogP) is 5.64. The maximum atomic E-state index is 13.0. The van der Waals surface area contributed by atoms with E-state index in [2.05, 4.69) is 27.4 Å². The molecule has 0 saturated carbocycles. The summed E-state index contributed by atoms with van der Waals surface area (Å²) in [6, 6.07) is 11.4. The van der Waals surface area contributed by atoms with Crippen molar-refractivity contribution in [1.29, 1.82) is 0 Å². The summed E-state index contributed by atoms with van der Waals surface area (Å²) in [7, 11) is 1.57. The molecule has 8 nitrogen and oxygen atoms in total. The van der Waals surface area contributed by atoms with Crippen LogP contribution in [0.2, 0.25) is 10.0 Å². The first-order chi connectivity index (χ1) is 17.2. The van der Waals surface area contributed by atoms with Crippen LogP contribution in [0, 0.1) is 5.92 Å². The van der Waals surface area contributed by atoms with Gasteiger partial charge in [-0.15, -0.1) is 16.8 Å². The lowest BCUT2D eigenvalue weighted by Crippen LogP contribution is -2.34. The van der Waals surface area contributed by atoms with E-state index in [4.69, 9.17) is 27.9 Å². The first-order valence-corrected chi connectivity index (χ1v) is 12.8. The monoisotopic (exact) mass is 547 g/mol. The van der Waals surface area contributed by atoms with Crippen molar-refractivity contribution in [1.82, 2.24) is 20.1 Å². The van der Waals surface area contributed by atoms with Gasteiger partial charge in [0.05, 0.1) is 29.5 Å². The predicted molar refractivity (Wildman–Crippen MR) is 144 cm³/mol. The molecule has 0 saturated heterocycles. The third-order valence-electron chi connectivity index (χ3n) is 5.15. The van der Waals surface area contributed by atoms with Crippen LogP contribution in [0.1, 0.15) is 36.1 Å². The number of methoxy groups -OCH3 is 1. The van der Waals surface area contributed by atoms with Gasteiger partial charge in [0.15, 0.2) is 11.0 Å². The molecule has 0 bridgehead atoms. The molecule has 2 aromatic carbocycles. The maximum absolute atomic E-state index is 13.0. The second-order valence-corrected chi connectivity index (χ2v) is 9.91. The van der Waals surface area contributed by atoms with Crippen molar-refractivity contribution in [2.24, 2.45) is 5.92 Å². The van der Waals surface area contributed by atoms with Crippen molar-refractivity contribution >= 4 is 52.5 Å². The van der Waals surface area contributed by atoms with Crippen LogP contribution in [-0.4, -0.2) is 39.4 Å². The van der Waals surface area contributed by atoms with Gasteiger partial charge in [-0.2, -0.15) is 0 Å². The Balaban J connectivity index is 1.76. The first kappa shape index (κ1) is 27.6. The fraction of sp³-hybridized carbons (Fsp3) is 0.280. The largest absolute Gasteiger partial charge is 0.497 e. The Morgan fingerprint density at radius 3 is 2.64 bits per heavy atom. The van der Waals surface area contributed by atoms with E-state index < -0.39 is 6.04 Å². The standard InChI is InChI=1S/C25H27Cl2N5O3S/c1-5-11-32-23(22(15(2)3)29-24(34)19-10-9-16(26)12-20(19)27)30-31-25(32)36-14-21(33)28-17-7-6-8-18(13-17)35-4/h5-10,12-13,15,22H,1,11,14H2,2-4H3,(H,28,33)(H,29,34)/t22-/m1/s1. The molecule has 3 rings (SSSR count). The van der Waals surface area contributed by atoms with E-state index in [0.29, 0.717) is 39.5 Å². The maximum Gasteiger partial charge on any atom is 0.253 e. The molecule has 190 valence electrons. The molecule has 3 aromatic rings. The molecule has 2 N–H and O–H groups in total. The highest BCUT2D eigenvalue weighted by Gasteiger charge is 2.27. The third kappa shape index (κ3) is 7.02. The van der Waals surface area contributed by atoms with E-state index in [-0.39, 0.29) is 28.5 Å². The molecule has 0 aliphatic heterocycles. The zero-order chi connectivity index (χ0) is 26.2. The molecular formula is C25H27Cl2N5O3S. The van der Waals surface area contributed by atoms with Crippen LogP contribution in [0.3, 0.4) is 0 Å². The van der Waals surface area contributed by atoms with Gasteiger partial charge in [0.2, 0.25) is 5.91 Å². The summed E-state index contributed by atoms with van der Waals surface area (Å²) in [5, 5.41) is 15.7. The highest BCUT2D eigenvalue weighted by Crippen LogP contribution is 2.27. The highest BCUT2D eigenvalue weighted by molar-refractivity contribution is 7.99. The number of thioether (sulfide) groups is 1. The average Bonchev–Trinajstić information content (AvgIpc) is 3.23. The fourth-order valence-corrected chi connectivity index (χ4v) is 4.64. The summed E-state index contributed by atoms with van der Waals surface area (Å²) < 4.78 is 7.03.